The zero-order chi connectivity index (χ0) is 11.7. The highest BCUT2D eigenvalue weighted by Gasteiger charge is 2.25. The standard InChI is InChI=1S/C13H14FNO/c1-8-2-3-9(7-16)13(8)11-6-10(14)4-5-12(11)15/h4-7,9H,2-3,15H2,1H3. The predicted octanol–water partition coefficient (Wildman–Crippen LogP) is 2.79. The van der Waals surface area contributed by atoms with Crippen molar-refractivity contribution in [2.45, 2.75) is 19.8 Å². The Kier molecular flexibility index (Phi) is 2.77. The average Bonchev–Trinajstić information content (AvgIpc) is 2.63. The maximum atomic E-state index is 13.2. The van der Waals surface area contributed by atoms with E-state index in [1.807, 2.05) is 6.92 Å². The minimum atomic E-state index is -0.318. The molecular weight excluding hydrogens is 205 g/mol. The van der Waals surface area contributed by atoms with Crippen molar-refractivity contribution < 1.29 is 9.18 Å². The van der Waals surface area contributed by atoms with E-state index in [9.17, 15) is 9.18 Å². The van der Waals surface area contributed by atoms with Crippen LogP contribution < -0.4 is 5.73 Å². The van der Waals surface area contributed by atoms with Gasteiger partial charge in [0.1, 0.15) is 12.1 Å². The fourth-order valence-corrected chi connectivity index (χ4v) is 2.29. The van der Waals surface area contributed by atoms with E-state index in [1.165, 1.54) is 12.1 Å². The summed E-state index contributed by atoms with van der Waals surface area (Å²) < 4.78 is 13.2. The fraction of sp³-hybridized carbons (Fsp3) is 0.308. The van der Waals surface area contributed by atoms with Gasteiger partial charge < -0.3 is 10.5 Å². The van der Waals surface area contributed by atoms with Gasteiger partial charge in [-0.05, 0) is 43.5 Å². The number of hydrogen-bond donors (Lipinski definition) is 1. The van der Waals surface area contributed by atoms with Gasteiger partial charge in [0, 0.05) is 17.2 Å². The molecule has 0 bridgehead atoms. The Morgan fingerprint density at radius 2 is 2.25 bits per heavy atom. The van der Waals surface area contributed by atoms with Crippen molar-refractivity contribution in [1.82, 2.24) is 0 Å². The molecular formula is C13H14FNO. The van der Waals surface area contributed by atoms with Gasteiger partial charge in [-0.1, -0.05) is 5.57 Å². The van der Waals surface area contributed by atoms with Crippen molar-refractivity contribution in [3.8, 4) is 0 Å². The number of nitrogen functional groups attached to an aromatic ring is 1. The fourth-order valence-electron chi connectivity index (χ4n) is 2.29. The van der Waals surface area contributed by atoms with Crippen LogP contribution in [0.15, 0.2) is 23.8 Å². The zero-order valence-corrected chi connectivity index (χ0v) is 9.16. The summed E-state index contributed by atoms with van der Waals surface area (Å²) in [6.45, 7) is 1.98. The summed E-state index contributed by atoms with van der Waals surface area (Å²) in [5.41, 5.74) is 9.08. The summed E-state index contributed by atoms with van der Waals surface area (Å²) in [6.07, 6.45) is 2.62. The van der Waals surface area contributed by atoms with Crippen molar-refractivity contribution in [3.05, 3.63) is 35.2 Å². The first kappa shape index (κ1) is 10.9. The Hall–Kier alpha value is -1.64. The second-order valence-electron chi connectivity index (χ2n) is 4.21. The molecule has 84 valence electrons. The van der Waals surface area contributed by atoms with Gasteiger partial charge in [-0.3, -0.25) is 0 Å². The number of benzene rings is 1. The lowest BCUT2D eigenvalue weighted by atomic mass is 9.93. The van der Waals surface area contributed by atoms with Crippen molar-refractivity contribution in [3.63, 3.8) is 0 Å². The second kappa shape index (κ2) is 4.08. The van der Waals surface area contributed by atoms with Crippen LogP contribution in [0.3, 0.4) is 0 Å². The van der Waals surface area contributed by atoms with Crippen LogP contribution in [-0.2, 0) is 4.79 Å². The van der Waals surface area contributed by atoms with Crippen molar-refractivity contribution in [1.29, 1.82) is 0 Å². The molecule has 0 saturated carbocycles. The van der Waals surface area contributed by atoms with E-state index in [0.717, 1.165) is 30.3 Å². The van der Waals surface area contributed by atoms with E-state index in [1.54, 1.807) is 6.07 Å². The number of carbonyl (C=O) groups excluding carboxylic acids is 1. The van der Waals surface area contributed by atoms with E-state index in [-0.39, 0.29) is 11.7 Å². The third-order valence-electron chi connectivity index (χ3n) is 3.13. The lowest BCUT2D eigenvalue weighted by molar-refractivity contribution is -0.109. The molecule has 1 aromatic carbocycles. The third-order valence-corrected chi connectivity index (χ3v) is 3.13. The molecule has 1 aliphatic carbocycles. The van der Waals surface area contributed by atoms with Crippen molar-refractivity contribution >= 4 is 17.5 Å². The van der Waals surface area contributed by atoms with Gasteiger partial charge >= 0.3 is 0 Å². The molecule has 2 N–H and O–H groups in total. The molecule has 0 amide bonds. The van der Waals surface area contributed by atoms with Gasteiger partial charge in [-0.25, -0.2) is 4.39 Å². The van der Waals surface area contributed by atoms with E-state index in [4.69, 9.17) is 5.73 Å². The molecule has 0 saturated heterocycles. The Morgan fingerprint density at radius 3 is 2.94 bits per heavy atom. The second-order valence-corrected chi connectivity index (χ2v) is 4.21. The van der Waals surface area contributed by atoms with Crippen molar-refractivity contribution in [2.24, 2.45) is 5.92 Å². The number of halogens is 1. The smallest absolute Gasteiger partial charge is 0.127 e. The van der Waals surface area contributed by atoms with E-state index in [0.29, 0.717) is 11.3 Å². The number of anilines is 1. The number of hydrogen-bond acceptors (Lipinski definition) is 2. The maximum Gasteiger partial charge on any atom is 0.127 e. The monoisotopic (exact) mass is 219 g/mol. The SMILES string of the molecule is CC1=C(c2cc(F)ccc2N)C(C=O)CC1. The van der Waals surface area contributed by atoms with Gasteiger partial charge in [-0.15, -0.1) is 0 Å². The van der Waals surface area contributed by atoms with Gasteiger partial charge in [0.2, 0.25) is 0 Å². The molecule has 1 atom stereocenters. The highest BCUT2D eigenvalue weighted by molar-refractivity contribution is 5.88. The molecule has 0 radical (unpaired) electrons. The normalized spacial score (nSPS) is 20.2. The van der Waals surface area contributed by atoms with E-state index in [2.05, 4.69) is 0 Å². The Labute approximate surface area is 94.0 Å². The lowest BCUT2D eigenvalue weighted by Crippen LogP contribution is -2.03. The summed E-state index contributed by atoms with van der Waals surface area (Å²) in [4.78, 5) is 11.0. The van der Waals surface area contributed by atoms with Crippen LogP contribution in [0.25, 0.3) is 5.57 Å². The molecule has 0 heterocycles. The minimum absolute atomic E-state index is 0.135. The Balaban J connectivity index is 2.54. The number of carbonyl (C=O) groups is 1. The molecule has 3 heteroatoms. The number of aldehydes is 1. The van der Waals surface area contributed by atoms with Crippen molar-refractivity contribution in [2.75, 3.05) is 5.73 Å². The van der Waals surface area contributed by atoms with E-state index >= 15 is 0 Å². The van der Waals surface area contributed by atoms with Gasteiger partial charge in [0.15, 0.2) is 0 Å². The topological polar surface area (TPSA) is 43.1 Å². The highest BCUT2D eigenvalue weighted by atomic mass is 19.1. The van der Waals surface area contributed by atoms with Gasteiger partial charge in [0.25, 0.3) is 0 Å². The quantitative estimate of drug-likeness (QED) is 0.614. The molecule has 0 fully saturated rings. The van der Waals surface area contributed by atoms with Gasteiger partial charge in [-0.2, -0.15) is 0 Å². The summed E-state index contributed by atoms with van der Waals surface area (Å²) in [7, 11) is 0. The molecule has 0 aromatic heterocycles. The van der Waals surface area contributed by atoms with Crippen LogP contribution in [0.4, 0.5) is 10.1 Å². The highest BCUT2D eigenvalue weighted by Crippen LogP contribution is 2.39. The van der Waals surface area contributed by atoms with Crippen LogP contribution >= 0.6 is 0 Å². The first-order chi connectivity index (χ1) is 7.63. The molecule has 0 aliphatic heterocycles. The van der Waals surface area contributed by atoms with Crippen LogP contribution in [0, 0.1) is 11.7 Å². The molecule has 1 unspecified atom stereocenters. The first-order valence-electron chi connectivity index (χ1n) is 5.34. The molecule has 1 aromatic rings. The Bertz CT molecular complexity index is 465. The summed E-state index contributed by atoms with van der Waals surface area (Å²) >= 11 is 0. The molecule has 1 aliphatic rings. The van der Waals surface area contributed by atoms with E-state index < -0.39 is 0 Å². The van der Waals surface area contributed by atoms with Gasteiger partial charge in [0.05, 0.1) is 0 Å². The average molecular weight is 219 g/mol. The molecule has 0 spiro atoms. The number of nitrogens with two attached hydrogens (primary N) is 1. The number of allylic oxidation sites excluding steroid dienone is 2. The minimum Gasteiger partial charge on any atom is -0.398 e. The predicted molar refractivity (Wildman–Crippen MR) is 62.2 cm³/mol. The first-order valence-corrected chi connectivity index (χ1v) is 5.34. The lowest BCUT2D eigenvalue weighted by Gasteiger charge is -2.12. The maximum absolute atomic E-state index is 13.2. The molecule has 2 nitrogen and oxygen atoms in total. The number of rotatable bonds is 2. The zero-order valence-electron chi connectivity index (χ0n) is 9.16. The third kappa shape index (κ3) is 1.73. The Morgan fingerprint density at radius 1 is 1.50 bits per heavy atom. The summed E-state index contributed by atoms with van der Waals surface area (Å²) in [6, 6.07) is 4.29. The van der Waals surface area contributed by atoms with Crippen LogP contribution in [-0.4, -0.2) is 6.29 Å². The largest absolute Gasteiger partial charge is 0.398 e. The molecule has 2 rings (SSSR count). The van der Waals surface area contributed by atoms with Crippen LogP contribution in [0.1, 0.15) is 25.3 Å². The summed E-state index contributed by atoms with van der Waals surface area (Å²) in [5, 5.41) is 0. The van der Waals surface area contributed by atoms with Crippen LogP contribution in [0.5, 0.6) is 0 Å². The summed E-state index contributed by atoms with van der Waals surface area (Å²) in [5.74, 6) is -0.454. The van der Waals surface area contributed by atoms with Crippen LogP contribution in [0.2, 0.25) is 0 Å². The molecule has 16 heavy (non-hydrogen) atoms.